The number of fused-ring (bicyclic) bond motifs is 1. The number of aromatic nitrogens is 3. The normalized spacial score (nSPS) is 18.1. The molecule has 0 aliphatic carbocycles. The number of amides is 1. The first-order chi connectivity index (χ1) is 13.2. The van der Waals surface area contributed by atoms with Gasteiger partial charge in [-0.15, -0.1) is 5.10 Å². The molecule has 1 aliphatic heterocycles. The molecule has 0 radical (unpaired) electrons. The monoisotopic (exact) mass is 360 g/mol. The van der Waals surface area contributed by atoms with Crippen molar-refractivity contribution in [1.29, 1.82) is 0 Å². The average molecular weight is 360 g/mol. The number of aryl methyl sites for hydroxylation is 1. The molecular formula is C22H24N4O. The molecule has 1 amide bonds. The minimum absolute atomic E-state index is 0.0761. The van der Waals surface area contributed by atoms with E-state index in [0.29, 0.717) is 5.56 Å². The number of benzene rings is 2. The molecule has 4 rings (SSSR count). The topological polar surface area (TPSA) is 51.0 Å². The Morgan fingerprint density at radius 1 is 1.11 bits per heavy atom. The van der Waals surface area contributed by atoms with Gasteiger partial charge in [0, 0.05) is 19.2 Å². The number of rotatable bonds is 3. The van der Waals surface area contributed by atoms with Gasteiger partial charge in [-0.25, -0.2) is 4.68 Å². The van der Waals surface area contributed by atoms with Crippen molar-refractivity contribution in [1.82, 2.24) is 19.9 Å². The van der Waals surface area contributed by atoms with Gasteiger partial charge in [0.05, 0.1) is 11.6 Å². The molecule has 5 heteroatoms. The summed E-state index contributed by atoms with van der Waals surface area (Å²) in [6.07, 6.45) is 8.68. The molecule has 1 fully saturated rings. The van der Waals surface area contributed by atoms with Crippen LogP contribution >= 0.6 is 0 Å². The Bertz CT molecular complexity index is 961. The highest BCUT2D eigenvalue weighted by atomic mass is 16.2. The zero-order valence-corrected chi connectivity index (χ0v) is 15.6. The first kappa shape index (κ1) is 17.5. The second kappa shape index (κ2) is 7.74. The summed E-state index contributed by atoms with van der Waals surface area (Å²) in [5.41, 5.74) is 3.54. The van der Waals surface area contributed by atoms with Gasteiger partial charge >= 0.3 is 0 Å². The van der Waals surface area contributed by atoms with Crippen LogP contribution in [0.4, 0.5) is 0 Å². The Labute approximate surface area is 159 Å². The molecule has 1 unspecified atom stereocenters. The van der Waals surface area contributed by atoms with Crippen molar-refractivity contribution in [3.05, 3.63) is 65.7 Å². The van der Waals surface area contributed by atoms with Crippen molar-refractivity contribution < 1.29 is 4.79 Å². The number of hydrogen-bond acceptors (Lipinski definition) is 3. The lowest BCUT2D eigenvalue weighted by molar-refractivity contribution is 0.0719. The summed E-state index contributed by atoms with van der Waals surface area (Å²) in [6, 6.07) is 16.0. The molecule has 2 aromatic carbocycles. The molecule has 1 atom stereocenters. The van der Waals surface area contributed by atoms with Crippen LogP contribution in [0.3, 0.4) is 0 Å². The second-order valence-electron chi connectivity index (χ2n) is 7.10. The van der Waals surface area contributed by atoms with Crippen LogP contribution in [0, 0.1) is 0 Å². The van der Waals surface area contributed by atoms with Crippen molar-refractivity contribution in [3.63, 3.8) is 0 Å². The second-order valence-corrected chi connectivity index (χ2v) is 7.10. The Kier molecular flexibility index (Phi) is 5.01. The summed E-state index contributed by atoms with van der Waals surface area (Å²) >= 11 is 0. The largest absolute Gasteiger partial charge is 0.332 e. The number of likely N-dealkylation sites (tertiary alicyclic amines) is 1. The highest BCUT2D eigenvalue weighted by molar-refractivity contribution is 5.97. The molecule has 27 heavy (non-hydrogen) atoms. The van der Waals surface area contributed by atoms with E-state index in [1.807, 2.05) is 48.3 Å². The lowest BCUT2D eigenvalue weighted by Gasteiger charge is -2.28. The third-order valence-corrected chi connectivity index (χ3v) is 5.23. The number of nitrogens with zero attached hydrogens (tertiary/aromatic N) is 4. The molecule has 2 heterocycles. The number of carbonyl (C=O) groups is 1. The molecule has 0 bridgehead atoms. The fraction of sp³-hybridized carbons (Fsp3) is 0.318. The lowest BCUT2D eigenvalue weighted by atomic mass is 10.1. The molecule has 138 valence electrons. The third-order valence-electron chi connectivity index (χ3n) is 5.23. The zero-order chi connectivity index (χ0) is 18.6. The van der Waals surface area contributed by atoms with Gasteiger partial charge in [0.25, 0.3) is 5.91 Å². The summed E-state index contributed by atoms with van der Waals surface area (Å²) in [6.45, 7) is 0.793. The van der Waals surface area contributed by atoms with Gasteiger partial charge in [-0.2, -0.15) is 0 Å². The van der Waals surface area contributed by atoms with Crippen molar-refractivity contribution >= 4 is 23.0 Å². The third kappa shape index (κ3) is 3.77. The molecule has 0 saturated carbocycles. The van der Waals surface area contributed by atoms with E-state index in [-0.39, 0.29) is 11.9 Å². The first-order valence-corrected chi connectivity index (χ1v) is 9.56. The molecule has 1 aromatic heterocycles. The Morgan fingerprint density at radius 3 is 2.81 bits per heavy atom. The van der Waals surface area contributed by atoms with Crippen molar-refractivity contribution in [3.8, 4) is 0 Å². The number of carbonyl (C=O) groups excluding carboxylic acids is 1. The minimum atomic E-state index is 0.0761. The van der Waals surface area contributed by atoms with Crippen molar-refractivity contribution in [2.24, 2.45) is 7.05 Å². The van der Waals surface area contributed by atoms with Crippen LogP contribution in [0.15, 0.2) is 54.6 Å². The predicted molar refractivity (Wildman–Crippen MR) is 107 cm³/mol. The van der Waals surface area contributed by atoms with Gasteiger partial charge in [-0.3, -0.25) is 4.79 Å². The zero-order valence-electron chi connectivity index (χ0n) is 15.6. The van der Waals surface area contributed by atoms with Crippen LogP contribution in [-0.4, -0.2) is 38.4 Å². The van der Waals surface area contributed by atoms with Gasteiger partial charge in [-0.1, -0.05) is 60.5 Å². The Hall–Kier alpha value is -2.95. The van der Waals surface area contributed by atoms with E-state index in [0.717, 1.165) is 42.4 Å². The fourth-order valence-electron chi connectivity index (χ4n) is 3.71. The summed E-state index contributed by atoms with van der Waals surface area (Å²) in [5.74, 6) is 0.0761. The van der Waals surface area contributed by atoms with Crippen LogP contribution in [0.5, 0.6) is 0 Å². The Balaban J connectivity index is 1.60. The quantitative estimate of drug-likeness (QED) is 0.707. The fourth-order valence-corrected chi connectivity index (χ4v) is 3.71. The maximum Gasteiger partial charge on any atom is 0.254 e. The Morgan fingerprint density at radius 2 is 1.96 bits per heavy atom. The minimum Gasteiger partial charge on any atom is -0.332 e. The van der Waals surface area contributed by atoms with Gasteiger partial charge < -0.3 is 4.90 Å². The van der Waals surface area contributed by atoms with E-state index >= 15 is 0 Å². The van der Waals surface area contributed by atoms with Gasteiger partial charge in [-0.05, 0) is 36.6 Å². The van der Waals surface area contributed by atoms with Crippen LogP contribution in [0.1, 0.15) is 41.6 Å². The van der Waals surface area contributed by atoms with E-state index in [4.69, 9.17) is 0 Å². The smallest absolute Gasteiger partial charge is 0.254 e. The summed E-state index contributed by atoms with van der Waals surface area (Å²) in [4.78, 5) is 15.3. The summed E-state index contributed by atoms with van der Waals surface area (Å²) in [7, 11) is 1.86. The van der Waals surface area contributed by atoms with E-state index in [1.54, 1.807) is 4.68 Å². The van der Waals surface area contributed by atoms with E-state index in [9.17, 15) is 4.79 Å². The molecule has 0 spiro atoms. The maximum absolute atomic E-state index is 13.3. The lowest BCUT2D eigenvalue weighted by Crippen LogP contribution is -2.38. The van der Waals surface area contributed by atoms with E-state index in [1.165, 1.54) is 6.42 Å². The molecule has 5 nitrogen and oxygen atoms in total. The van der Waals surface area contributed by atoms with Crippen molar-refractivity contribution in [2.45, 2.75) is 31.7 Å². The first-order valence-electron chi connectivity index (χ1n) is 9.56. The van der Waals surface area contributed by atoms with E-state index < -0.39 is 0 Å². The standard InChI is InChI=1S/C22H24N4O/c1-25-21-14-12-18(16-20(21)23-24-25)22(27)26-15-7-3-6-10-19(26)13-11-17-8-4-2-5-9-17/h2,4-5,8-9,11-14,16,19H,3,6-7,10,15H2,1H3/b13-11+. The molecule has 3 aromatic rings. The summed E-state index contributed by atoms with van der Waals surface area (Å²) < 4.78 is 1.72. The van der Waals surface area contributed by atoms with Gasteiger partial charge in [0.15, 0.2) is 0 Å². The summed E-state index contributed by atoms with van der Waals surface area (Å²) in [5, 5.41) is 8.18. The molecule has 0 N–H and O–H groups in total. The number of hydrogen-bond donors (Lipinski definition) is 0. The average Bonchev–Trinajstić information content (AvgIpc) is 2.92. The molecule has 1 saturated heterocycles. The molecule has 1 aliphatic rings. The van der Waals surface area contributed by atoms with Crippen LogP contribution in [0.2, 0.25) is 0 Å². The van der Waals surface area contributed by atoms with Crippen molar-refractivity contribution in [2.75, 3.05) is 6.54 Å². The highest BCUT2D eigenvalue weighted by Gasteiger charge is 2.25. The van der Waals surface area contributed by atoms with E-state index in [2.05, 4.69) is 34.6 Å². The van der Waals surface area contributed by atoms with Crippen LogP contribution in [-0.2, 0) is 7.05 Å². The van der Waals surface area contributed by atoms with Gasteiger partial charge in [0.1, 0.15) is 5.52 Å². The predicted octanol–water partition coefficient (Wildman–Crippen LogP) is 4.07. The van der Waals surface area contributed by atoms with Crippen LogP contribution in [0.25, 0.3) is 17.1 Å². The van der Waals surface area contributed by atoms with Gasteiger partial charge in [0.2, 0.25) is 0 Å². The maximum atomic E-state index is 13.3. The van der Waals surface area contributed by atoms with Crippen LogP contribution < -0.4 is 0 Å². The SMILES string of the molecule is Cn1nnc2cc(C(=O)N3CCCCCC3/C=C/c3ccccc3)ccc21. The highest BCUT2D eigenvalue weighted by Crippen LogP contribution is 2.22. The molecular weight excluding hydrogens is 336 g/mol.